The molecule has 102 valence electrons. The van der Waals surface area contributed by atoms with E-state index < -0.39 is 5.97 Å². The molecule has 1 unspecified atom stereocenters. The van der Waals surface area contributed by atoms with Crippen LogP contribution in [0.1, 0.15) is 34.6 Å². The van der Waals surface area contributed by atoms with Gasteiger partial charge in [0.25, 0.3) is 0 Å². The number of hydrogen-bond acceptors (Lipinski definition) is 4. The van der Waals surface area contributed by atoms with E-state index in [-0.39, 0.29) is 12.1 Å². The molecule has 17 heavy (non-hydrogen) atoms. The van der Waals surface area contributed by atoms with Crippen molar-refractivity contribution in [2.45, 2.75) is 52.4 Å². The maximum absolute atomic E-state index is 9.98. The highest BCUT2D eigenvalue weighted by atomic mass is 16.6. The molecule has 1 atom stereocenters. The van der Waals surface area contributed by atoms with E-state index in [0.29, 0.717) is 12.2 Å². The third-order valence-electron chi connectivity index (χ3n) is 1.79. The monoisotopic (exact) mass is 247 g/mol. The van der Waals surface area contributed by atoms with Gasteiger partial charge in [0.1, 0.15) is 6.10 Å². The molecular weight excluding hydrogens is 222 g/mol. The minimum absolute atomic E-state index is 0.0312. The van der Waals surface area contributed by atoms with E-state index in [1.165, 1.54) is 0 Å². The molecule has 0 aromatic heterocycles. The number of carboxylic acids is 1. The van der Waals surface area contributed by atoms with Crippen molar-refractivity contribution in [3.63, 3.8) is 0 Å². The second-order valence-corrected chi connectivity index (χ2v) is 5.33. The lowest BCUT2D eigenvalue weighted by Crippen LogP contribution is -2.39. The molecule has 1 aliphatic rings. The molecular formula is C12H25NO4. The number of ether oxygens (including phenoxy) is 2. The van der Waals surface area contributed by atoms with Crippen molar-refractivity contribution in [1.82, 2.24) is 5.32 Å². The maximum Gasteiger partial charge on any atom is 0.317 e. The highest BCUT2D eigenvalue weighted by molar-refractivity contribution is 5.69. The number of aliphatic carboxylic acids is 1. The quantitative estimate of drug-likeness (QED) is 0.716. The van der Waals surface area contributed by atoms with E-state index >= 15 is 0 Å². The molecule has 0 amide bonds. The molecule has 1 saturated heterocycles. The van der Waals surface area contributed by atoms with Crippen molar-refractivity contribution >= 4 is 5.97 Å². The molecule has 1 fully saturated rings. The topological polar surface area (TPSA) is 71.1 Å². The van der Waals surface area contributed by atoms with Gasteiger partial charge in [0.05, 0.1) is 25.9 Å². The first kappa shape index (κ1) is 16.4. The van der Waals surface area contributed by atoms with Crippen LogP contribution in [0.2, 0.25) is 0 Å². The first-order valence-electron chi connectivity index (χ1n) is 5.90. The van der Waals surface area contributed by atoms with Gasteiger partial charge in [0.2, 0.25) is 0 Å². The summed E-state index contributed by atoms with van der Waals surface area (Å²) >= 11 is 0. The zero-order valence-electron chi connectivity index (χ0n) is 11.4. The van der Waals surface area contributed by atoms with E-state index in [0.717, 1.165) is 13.2 Å². The summed E-state index contributed by atoms with van der Waals surface area (Å²) in [4.78, 5) is 9.98. The average molecular weight is 247 g/mol. The Kier molecular flexibility index (Phi) is 7.34. The molecule has 0 saturated carbocycles. The third-order valence-corrected chi connectivity index (χ3v) is 1.79. The number of carbonyl (C=O) groups is 1. The summed E-state index contributed by atoms with van der Waals surface area (Å²) < 4.78 is 10.2. The summed E-state index contributed by atoms with van der Waals surface area (Å²) in [5, 5.41) is 11.0. The van der Waals surface area contributed by atoms with Gasteiger partial charge in [-0.2, -0.15) is 0 Å². The molecule has 0 spiro atoms. The minimum Gasteiger partial charge on any atom is -0.480 e. The van der Waals surface area contributed by atoms with Crippen molar-refractivity contribution in [3.05, 3.63) is 0 Å². The lowest BCUT2D eigenvalue weighted by molar-refractivity contribution is -0.136. The number of carboxylic acid groups (broad SMARTS) is 1. The highest BCUT2D eigenvalue weighted by Crippen LogP contribution is 2.09. The van der Waals surface area contributed by atoms with Crippen molar-refractivity contribution in [2.24, 2.45) is 0 Å². The largest absolute Gasteiger partial charge is 0.480 e. The van der Waals surface area contributed by atoms with Gasteiger partial charge in [-0.3, -0.25) is 4.79 Å². The highest BCUT2D eigenvalue weighted by Gasteiger charge is 2.22. The second kappa shape index (κ2) is 7.63. The van der Waals surface area contributed by atoms with Crippen LogP contribution in [0.4, 0.5) is 0 Å². The second-order valence-electron chi connectivity index (χ2n) is 5.33. The molecule has 5 heteroatoms. The molecule has 0 aliphatic carbocycles. The number of epoxide rings is 1. The van der Waals surface area contributed by atoms with Gasteiger partial charge in [-0.15, -0.1) is 0 Å². The Labute approximate surface area is 103 Å². The Morgan fingerprint density at radius 3 is 2.29 bits per heavy atom. The minimum atomic E-state index is -0.815. The van der Waals surface area contributed by atoms with Gasteiger partial charge in [-0.1, -0.05) is 0 Å². The van der Waals surface area contributed by atoms with Crippen LogP contribution >= 0.6 is 0 Å². The molecule has 0 radical (unpaired) electrons. The summed E-state index contributed by atoms with van der Waals surface area (Å²) in [6, 6.07) is 0. The van der Waals surface area contributed by atoms with Crippen LogP contribution in [0.5, 0.6) is 0 Å². The number of nitrogens with one attached hydrogen (secondary N) is 1. The van der Waals surface area contributed by atoms with Crippen LogP contribution in [0, 0.1) is 0 Å². The average Bonchev–Trinajstić information content (AvgIpc) is 2.95. The lowest BCUT2D eigenvalue weighted by atomic mass is 10.1. The van der Waals surface area contributed by atoms with Gasteiger partial charge in [-0.25, -0.2) is 0 Å². The molecule has 1 aliphatic heterocycles. The van der Waals surface area contributed by atoms with Crippen LogP contribution in [0.3, 0.4) is 0 Å². The molecule has 1 rings (SSSR count). The Balaban J connectivity index is 0.000000302. The molecule has 5 nitrogen and oxygen atoms in total. The summed E-state index contributed by atoms with van der Waals surface area (Å²) in [7, 11) is 0. The van der Waals surface area contributed by atoms with Crippen molar-refractivity contribution < 1.29 is 19.4 Å². The zero-order valence-corrected chi connectivity index (χ0v) is 11.4. The lowest BCUT2D eigenvalue weighted by Gasteiger charge is -2.18. The van der Waals surface area contributed by atoms with E-state index in [4.69, 9.17) is 14.6 Å². The van der Waals surface area contributed by atoms with E-state index in [9.17, 15) is 4.79 Å². The van der Waals surface area contributed by atoms with Crippen LogP contribution in [-0.2, 0) is 14.3 Å². The Bertz CT molecular complexity index is 217. The van der Waals surface area contributed by atoms with Crippen molar-refractivity contribution in [1.29, 1.82) is 0 Å². The van der Waals surface area contributed by atoms with Crippen molar-refractivity contribution in [3.8, 4) is 0 Å². The summed E-state index contributed by atoms with van der Waals surface area (Å²) in [5.41, 5.74) is -0.0988. The van der Waals surface area contributed by atoms with E-state index in [1.807, 2.05) is 34.6 Å². The molecule has 0 aromatic carbocycles. The third kappa shape index (κ3) is 15.4. The number of rotatable bonds is 5. The molecule has 0 bridgehead atoms. The smallest absolute Gasteiger partial charge is 0.317 e. The fourth-order valence-corrected chi connectivity index (χ4v) is 0.805. The molecule has 0 aromatic rings. The SMILES string of the molecule is CC(C)(C)NCC(=O)O.CC(C)OCC1CO1. The van der Waals surface area contributed by atoms with Gasteiger partial charge in [-0.05, 0) is 34.6 Å². The first-order chi connectivity index (χ1) is 7.70. The fraction of sp³-hybridized carbons (Fsp3) is 0.917. The normalized spacial score (nSPS) is 18.6. The van der Waals surface area contributed by atoms with Crippen LogP contribution in [0.15, 0.2) is 0 Å². The van der Waals surface area contributed by atoms with E-state index in [1.54, 1.807) is 0 Å². The fourth-order valence-electron chi connectivity index (χ4n) is 0.805. The van der Waals surface area contributed by atoms with E-state index in [2.05, 4.69) is 5.32 Å². The van der Waals surface area contributed by atoms with Gasteiger partial charge in [0, 0.05) is 5.54 Å². The summed E-state index contributed by atoms with van der Waals surface area (Å²) in [6.07, 6.45) is 0.761. The standard InChI is InChI=1S/C6H13NO2.C6H12O2/c1-6(2,3)7-4-5(8)9;1-5(2)7-3-6-4-8-6/h7H,4H2,1-3H3,(H,8,9);5-6H,3-4H2,1-2H3. The Hall–Kier alpha value is -0.650. The van der Waals surface area contributed by atoms with Crippen LogP contribution < -0.4 is 5.32 Å². The van der Waals surface area contributed by atoms with Crippen LogP contribution in [0.25, 0.3) is 0 Å². The molecule has 2 N–H and O–H groups in total. The summed E-state index contributed by atoms with van der Waals surface area (Å²) in [5.74, 6) is -0.815. The Morgan fingerprint density at radius 1 is 1.53 bits per heavy atom. The predicted octanol–water partition coefficient (Wildman–Crippen LogP) is 1.27. The predicted molar refractivity (Wildman–Crippen MR) is 66.2 cm³/mol. The van der Waals surface area contributed by atoms with Gasteiger partial charge < -0.3 is 19.9 Å². The van der Waals surface area contributed by atoms with Crippen LogP contribution in [-0.4, -0.2) is 48.6 Å². The number of hydrogen-bond donors (Lipinski definition) is 2. The maximum atomic E-state index is 9.98. The first-order valence-corrected chi connectivity index (χ1v) is 5.90. The van der Waals surface area contributed by atoms with Gasteiger partial charge in [0.15, 0.2) is 0 Å². The van der Waals surface area contributed by atoms with Gasteiger partial charge >= 0.3 is 5.97 Å². The van der Waals surface area contributed by atoms with Crippen molar-refractivity contribution in [2.75, 3.05) is 19.8 Å². The Morgan fingerprint density at radius 2 is 2.06 bits per heavy atom. The molecule has 1 heterocycles. The zero-order chi connectivity index (χ0) is 13.5. The summed E-state index contributed by atoms with van der Waals surface area (Å²) in [6.45, 7) is 11.5.